The quantitative estimate of drug-likeness (QED) is 0.171. The number of carbonyl (C=O) groups is 1. The van der Waals surface area contributed by atoms with Gasteiger partial charge in [0.25, 0.3) is 5.91 Å². The van der Waals surface area contributed by atoms with Crippen molar-refractivity contribution >= 4 is 45.2 Å². The summed E-state index contributed by atoms with van der Waals surface area (Å²) in [4.78, 5) is 18.6. The summed E-state index contributed by atoms with van der Waals surface area (Å²) in [5, 5.41) is 11.9. The number of hydrogen-bond acceptors (Lipinski definition) is 7. The number of aryl methyl sites for hydroxylation is 2. The Hall–Kier alpha value is -3.76. The lowest BCUT2D eigenvalue weighted by Crippen LogP contribution is -2.31. The first-order valence-corrected chi connectivity index (χ1v) is 15.6. The highest BCUT2D eigenvalue weighted by Crippen LogP contribution is 2.43. The minimum absolute atomic E-state index is 0.228. The Kier molecular flexibility index (Phi) is 9.23. The van der Waals surface area contributed by atoms with Gasteiger partial charge in [0.15, 0.2) is 11.5 Å². The second kappa shape index (κ2) is 13.0. The van der Waals surface area contributed by atoms with Gasteiger partial charge in [-0.05, 0) is 84.1 Å². The summed E-state index contributed by atoms with van der Waals surface area (Å²) in [6, 6.07) is 19.3. The lowest BCUT2D eigenvalue weighted by atomic mass is 9.94. The van der Waals surface area contributed by atoms with Crippen molar-refractivity contribution in [3.8, 4) is 11.5 Å². The molecule has 0 spiro atoms. The van der Waals surface area contributed by atoms with Crippen molar-refractivity contribution in [2.75, 3.05) is 23.5 Å². The Bertz CT molecular complexity index is 1630. The predicted molar refractivity (Wildman–Crippen MR) is 172 cm³/mol. The summed E-state index contributed by atoms with van der Waals surface area (Å²) in [7, 11) is 1.61. The lowest BCUT2D eigenvalue weighted by Gasteiger charge is -2.29. The molecule has 10 heteroatoms. The van der Waals surface area contributed by atoms with Gasteiger partial charge in [0, 0.05) is 17.1 Å². The number of hydrogen-bond donors (Lipinski definition) is 2. The first-order chi connectivity index (χ1) is 20.3. The zero-order valence-corrected chi connectivity index (χ0v) is 26.7. The molecule has 1 unspecified atom stereocenters. The van der Waals surface area contributed by atoms with E-state index in [0.717, 1.165) is 34.6 Å². The number of methoxy groups -OCH3 is 1. The first-order valence-electron chi connectivity index (χ1n) is 13.8. The number of amides is 1. The molecule has 3 aromatic carbocycles. The molecular formula is C32H34BrN5O3S. The third-order valence-electron chi connectivity index (χ3n) is 6.86. The van der Waals surface area contributed by atoms with Crippen LogP contribution in [0.2, 0.25) is 0 Å². The molecule has 1 aromatic heterocycles. The highest BCUT2D eigenvalue weighted by molar-refractivity contribution is 9.10. The van der Waals surface area contributed by atoms with Gasteiger partial charge in [-0.2, -0.15) is 4.98 Å². The Labute approximate surface area is 259 Å². The topological polar surface area (TPSA) is 90.3 Å². The van der Waals surface area contributed by atoms with E-state index in [0.29, 0.717) is 45.0 Å². The smallest absolute Gasteiger partial charge is 0.255 e. The predicted octanol–water partition coefficient (Wildman–Crippen LogP) is 7.67. The normalized spacial score (nSPS) is 14.3. The molecule has 0 fully saturated rings. The number of anilines is 2. The summed E-state index contributed by atoms with van der Waals surface area (Å²) < 4.78 is 14.5. The van der Waals surface area contributed by atoms with Crippen LogP contribution in [0, 0.1) is 13.8 Å². The van der Waals surface area contributed by atoms with Crippen molar-refractivity contribution in [1.82, 2.24) is 14.8 Å². The highest BCUT2D eigenvalue weighted by Gasteiger charge is 2.35. The van der Waals surface area contributed by atoms with Gasteiger partial charge in [0.1, 0.15) is 12.6 Å². The second-order valence-electron chi connectivity index (χ2n) is 10.2. The third kappa shape index (κ3) is 6.50. The average Bonchev–Trinajstić information content (AvgIpc) is 3.37. The fraction of sp³-hybridized carbons (Fsp3) is 0.281. The molecule has 1 aliphatic rings. The standard InChI is InChI=1S/C32H34BrN5O3S/c1-6-14-42-32-36-31-34-21(4)27(30(39)35-24-9-7-8-20(3)15-24)28(38(31)37-32)23-16-25(33)29(26(17-23)40-5)41-18-22-12-10-19(2)11-13-22/h7-13,15-17,28H,6,14,18H2,1-5H3,(H,35,39)(H,34,36,37). The highest BCUT2D eigenvalue weighted by atomic mass is 79.9. The van der Waals surface area contributed by atoms with Crippen LogP contribution in [0.15, 0.2) is 81.6 Å². The molecule has 2 N–H and O–H groups in total. The number of nitrogens with zero attached hydrogens (tertiary/aromatic N) is 3. The van der Waals surface area contributed by atoms with E-state index in [1.807, 2.05) is 62.4 Å². The van der Waals surface area contributed by atoms with Crippen LogP contribution in [-0.2, 0) is 11.4 Å². The number of halogens is 1. The summed E-state index contributed by atoms with van der Waals surface area (Å²) in [5.41, 5.74) is 6.06. The number of rotatable bonds is 10. The van der Waals surface area contributed by atoms with Crippen LogP contribution in [-0.4, -0.2) is 33.5 Å². The molecule has 5 rings (SSSR count). The molecule has 0 bridgehead atoms. The van der Waals surface area contributed by atoms with Crippen molar-refractivity contribution in [1.29, 1.82) is 0 Å². The molecule has 1 aliphatic heterocycles. The van der Waals surface area contributed by atoms with Gasteiger partial charge in [0.2, 0.25) is 11.1 Å². The number of fused-ring (bicyclic) bond motifs is 1. The average molecular weight is 649 g/mol. The molecule has 0 saturated heterocycles. The number of allylic oxidation sites excluding steroid dienone is 1. The van der Waals surface area contributed by atoms with Gasteiger partial charge in [-0.1, -0.05) is 60.6 Å². The van der Waals surface area contributed by atoms with Gasteiger partial charge in [-0.15, -0.1) is 5.10 Å². The number of ether oxygens (including phenoxy) is 2. The molecule has 2 heterocycles. The van der Waals surface area contributed by atoms with E-state index in [9.17, 15) is 4.79 Å². The van der Waals surface area contributed by atoms with Crippen LogP contribution in [0.4, 0.5) is 11.6 Å². The maximum atomic E-state index is 13.9. The van der Waals surface area contributed by atoms with Crippen molar-refractivity contribution in [2.45, 2.75) is 51.9 Å². The fourth-order valence-corrected chi connectivity index (χ4v) is 6.04. The Morgan fingerprint density at radius 1 is 1.10 bits per heavy atom. The molecule has 218 valence electrons. The summed E-state index contributed by atoms with van der Waals surface area (Å²) >= 11 is 5.31. The van der Waals surface area contributed by atoms with Crippen LogP contribution in [0.1, 0.15) is 48.6 Å². The van der Waals surface area contributed by atoms with Crippen molar-refractivity contribution in [2.24, 2.45) is 0 Å². The van der Waals surface area contributed by atoms with E-state index in [1.54, 1.807) is 23.6 Å². The van der Waals surface area contributed by atoms with Crippen LogP contribution < -0.4 is 20.1 Å². The second-order valence-corrected chi connectivity index (χ2v) is 12.1. The summed E-state index contributed by atoms with van der Waals surface area (Å²) in [5.74, 6) is 2.38. The molecule has 1 atom stereocenters. The summed E-state index contributed by atoms with van der Waals surface area (Å²) in [6.07, 6.45) is 1.00. The Morgan fingerprint density at radius 3 is 2.60 bits per heavy atom. The largest absolute Gasteiger partial charge is 0.493 e. The van der Waals surface area contributed by atoms with Gasteiger partial charge in [0.05, 0.1) is 17.2 Å². The first kappa shape index (κ1) is 29.7. The molecule has 8 nitrogen and oxygen atoms in total. The number of thioether (sulfide) groups is 1. The molecule has 0 saturated carbocycles. The zero-order valence-electron chi connectivity index (χ0n) is 24.3. The molecule has 1 amide bonds. The van der Waals surface area contributed by atoms with Crippen molar-refractivity contribution in [3.05, 3.63) is 98.7 Å². The van der Waals surface area contributed by atoms with E-state index in [1.165, 1.54) is 5.56 Å². The van der Waals surface area contributed by atoms with Crippen molar-refractivity contribution in [3.63, 3.8) is 0 Å². The number of nitrogens with one attached hydrogen (secondary N) is 2. The maximum absolute atomic E-state index is 13.9. The SMILES string of the molecule is CCCSc1nc2n(n1)C(c1cc(Br)c(OCc3ccc(C)cc3)c(OC)c1)C(C(=O)Nc1cccc(C)c1)=C(C)N2. The van der Waals surface area contributed by atoms with E-state index in [2.05, 4.69) is 52.5 Å². The van der Waals surface area contributed by atoms with Gasteiger partial charge in [-0.3, -0.25) is 4.79 Å². The molecular weight excluding hydrogens is 614 g/mol. The van der Waals surface area contributed by atoms with Crippen LogP contribution in [0.3, 0.4) is 0 Å². The molecule has 4 aromatic rings. The van der Waals surface area contributed by atoms with Crippen LogP contribution in [0.5, 0.6) is 11.5 Å². The molecule has 0 radical (unpaired) electrons. The monoisotopic (exact) mass is 647 g/mol. The Morgan fingerprint density at radius 2 is 1.88 bits per heavy atom. The zero-order chi connectivity index (χ0) is 29.8. The summed E-state index contributed by atoms with van der Waals surface area (Å²) in [6.45, 7) is 8.45. The van der Waals surface area contributed by atoms with E-state index >= 15 is 0 Å². The van der Waals surface area contributed by atoms with Gasteiger partial charge in [-0.25, -0.2) is 4.68 Å². The minimum Gasteiger partial charge on any atom is -0.493 e. The van der Waals surface area contributed by atoms with E-state index in [4.69, 9.17) is 19.6 Å². The lowest BCUT2D eigenvalue weighted by molar-refractivity contribution is -0.113. The van der Waals surface area contributed by atoms with Crippen LogP contribution in [0.25, 0.3) is 0 Å². The number of aromatic nitrogens is 3. The van der Waals surface area contributed by atoms with Crippen LogP contribution >= 0.6 is 27.7 Å². The molecule has 42 heavy (non-hydrogen) atoms. The number of benzene rings is 3. The number of carbonyl (C=O) groups excluding carboxylic acids is 1. The molecule has 0 aliphatic carbocycles. The third-order valence-corrected chi connectivity index (χ3v) is 8.49. The van der Waals surface area contributed by atoms with Gasteiger partial charge < -0.3 is 20.1 Å². The minimum atomic E-state index is -0.564. The fourth-order valence-electron chi connectivity index (χ4n) is 4.79. The Balaban J connectivity index is 1.54. The van der Waals surface area contributed by atoms with Crippen molar-refractivity contribution < 1.29 is 14.3 Å². The van der Waals surface area contributed by atoms with Gasteiger partial charge >= 0.3 is 0 Å². The maximum Gasteiger partial charge on any atom is 0.255 e. The van der Waals surface area contributed by atoms with E-state index < -0.39 is 6.04 Å². The van der Waals surface area contributed by atoms with E-state index in [-0.39, 0.29) is 5.91 Å².